The molecule has 1 atom stereocenters. The summed E-state index contributed by atoms with van der Waals surface area (Å²) in [5.41, 5.74) is 3.24. The number of carbonyl (C=O) groups excluding carboxylic acids is 1. The molecule has 0 aromatic heterocycles. The van der Waals surface area contributed by atoms with Gasteiger partial charge < -0.3 is 4.74 Å². The van der Waals surface area contributed by atoms with Crippen LogP contribution in [0.5, 0.6) is 0 Å². The lowest BCUT2D eigenvalue weighted by atomic mass is 10.2. The highest BCUT2D eigenvalue weighted by Gasteiger charge is 2.21. The zero-order valence-corrected chi connectivity index (χ0v) is 11.4. The number of carbonyl (C=O) groups is 1. The fourth-order valence-corrected chi connectivity index (χ4v) is 1.26. The predicted octanol–water partition coefficient (Wildman–Crippen LogP) is 2.44. The van der Waals surface area contributed by atoms with Gasteiger partial charge in [0.05, 0.1) is 6.61 Å². The molecule has 0 saturated carbocycles. The Bertz CT molecular complexity index is 370. The Morgan fingerprint density at radius 2 is 1.89 bits per heavy atom. The molecule has 0 spiro atoms. The smallest absolute Gasteiger partial charge is 0.325 e. The maximum Gasteiger partial charge on any atom is 0.325 e. The lowest BCUT2D eigenvalue weighted by Gasteiger charge is -2.22. The summed E-state index contributed by atoms with van der Waals surface area (Å²) in [6.07, 6.45) is 0. The molecule has 0 bridgehead atoms. The fourth-order valence-electron chi connectivity index (χ4n) is 1.26. The first-order chi connectivity index (χ1) is 8.38. The van der Waals surface area contributed by atoms with Gasteiger partial charge >= 0.3 is 5.97 Å². The van der Waals surface area contributed by atoms with Gasteiger partial charge in [0.15, 0.2) is 0 Å². The minimum atomic E-state index is -0.493. The number of esters is 1. The standard InChI is InChI=1S/C14H21NO3/c1-11(13(16)18-14(2,3)4)15-17-10-12-8-6-5-7-9-12/h5-9,11,15H,10H2,1-4H3/t11-/m0/s1. The Morgan fingerprint density at radius 3 is 2.44 bits per heavy atom. The van der Waals surface area contributed by atoms with Gasteiger partial charge in [0.2, 0.25) is 0 Å². The minimum Gasteiger partial charge on any atom is -0.459 e. The van der Waals surface area contributed by atoms with Crippen LogP contribution < -0.4 is 5.48 Å². The van der Waals surface area contributed by atoms with E-state index in [-0.39, 0.29) is 5.97 Å². The van der Waals surface area contributed by atoms with E-state index in [0.717, 1.165) is 5.56 Å². The quantitative estimate of drug-likeness (QED) is 0.645. The van der Waals surface area contributed by atoms with Crippen molar-refractivity contribution in [3.8, 4) is 0 Å². The molecule has 0 unspecified atom stereocenters. The normalized spacial score (nSPS) is 13.1. The molecule has 0 amide bonds. The van der Waals surface area contributed by atoms with Crippen molar-refractivity contribution >= 4 is 5.97 Å². The second-order valence-corrected chi connectivity index (χ2v) is 5.15. The van der Waals surface area contributed by atoms with Gasteiger partial charge in [0.25, 0.3) is 0 Å². The maximum absolute atomic E-state index is 11.6. The van der Waals surface area contributed by atoms with Gasteiger partial charge in [-0.15, -0.1) is 0 Å². The van der Waals surface area contributed by atoms with Gasteiger partial charge in [-0.2, -0.15) is 5.48 Å². The lowest BCUT2D eigenvalue weighted by molar-refractivity contribution is -0.161. The summed E-state index contributed by atoms with van der Waals surface area (Å²) < 4.78 is 5.22. The molecule has 1 aromatic carbocycles. The Kier molecular flexibility index (Phi) is 5.31. The van der Waals surface area contributed by atoms with Crippen molar-refractivity contribution in [3.05, 3.63) is 35.9 Å². The molecule has 0 heterocycles. The molecule has 0 saturated heterocycles. The van der Waals surface area contributed by atoms with Gasteiger partial charge in [-0.1, -0.05) is 30.3 Å². The predicted molar refractivity (Wildman–Crippen MR) is 69.7 cm³/mol. The van der Waals surface area contributed by atoms with Gasteiger partial charge in [-0.3, -0.25) is 9.63 Å². The van der Waals surface area contributed by atoms with Crippen LogP contribution >= 0.6 is 0 Å². The Balaban J connectivity index is 2.29. The highest BCUT2D eigenvalue weighted by Crippen LogP contribution is 2.08. The molecular formula is C14H21NO3. The van der Waals surface area contributed by atoms with E-state index in [0.29, 0.717) is 6.61 Å². The summed E-state index contributed by atoms with van der Waals surface area (Å²) in [6.45, 7) is 7.63. The van der Waals surface area contributed by atoms with E-state index in [1.54, 1.807) is 6.92 Å². The van der Waals surface area contributed by atoms with Crippen molar-refractivity contribution in [2.24, 2.45) is 0 Å². The van der Waals surface area contributed by atoms with Crippen molar-refractivity contribution in [1.82, 2.24) is 5.48 Å². The number of hydrogen-bond acceptors (Lipinski definition) is 4. The van der Waals surface area contributed by atoms with Gasteiger partial charge in [0.1, 0.15) is 11.6 Å². The van der Waals surface area contributed by atoms with E-state index in [2.05, 4.69) is 5.48 Å². The third-order valence-corrected chi connectivity index (χ3v) is 2.10. The number of rotatable bonds is 5. The van der Waals surface area contributed by atoms with Crippen LogP contribution in [0.2, 0.25) is 0 Å². The number of nitrogens with one attached hydrogen (secondary N) is 1. The lowest BCUT2D eigenvalue weighted by Crippen LogP contribution is -2.39. The van der Waals surface area contributed by atoms with Crippen molar-refractivity contribution in [2.45, 2.75) is 45.9 Å². The number of hydroxylamine groups is 1. The zero-order valence-electron chi connectivity index (χ0n) is 11.4. The van der Waals surface area contributed by atoms with E-state index < -0.39 is 11.6 Å². The first-order valence-electron chi connectivity index (χ1n) is 6.02. The van der Waals surface area contributed by atoms with E-state index in [4.69, 9.17) is 9.57 Å². The van der Waals surface area contributed by atoms with Crippen molar-refractivity contribution in [1.29, 1.82) is 0 Å². The third-order valence-electron chi connectivity index (χ3n) is 2.10. The van der Waals surface area contributed by atoms with Crippen LogP contribution in [0, 0.1) is 0 Å². The molecule has 0 aliphatic carbocycles. The fraction of sp³-hybridized carbons (Fsp3) is 0.500. The van der Waals surface area contributed by atoms with Crippen molar-refractivity contribution in [2.75, 3.05) is 0 Å². The SMILES string of the molecule is C[C@H](NOCc1ccccc1)C(=O)OC(C)(C)C. The second kappa shape index (κ2) is 6.52. The minimum absolute atomic E-state index is 0.324. The molecule has 0 aliphatic rings. The monoisotopic (exact) mass is 251 g/mol. The highest BCUT2D eigenvalue weighted by molar-refractivity contribution is 5.75. The average Bonchev–Trinajstić information content (AvgIpc) is 2.28. The first-order valence-corrected chi connectivity index (χ1v) is 6.02. The molecule has 1 N–H and O–H groups in total. The van der Waals surface area contributed by atoms with Gasteiger partial charge in [-0.05, 0) is 33.3 Å². The van der Waals surface area contributed by atoms with Gasteiger partial charge in [-0.25, -0.2) is 0 Å². The molecule has 18 heavy (non-hydrogen) atoms. The van der Waals surface area contributed by atoms with Crippen LogP contribution in [0.3, 0.4) is 0 Å². The summed E-state index contributed by atoms with van der Waals surface area (Å²) in [5.74, 6) is -0.324. The topological polar surface area (TPSA) is 47.6 Å². The summed E-state index contributed by atoms with van der Waals surface area (Å²) in [5, 5.41) is 0. The Hall–Kier alpha value is -1.39. The molecule has 0 aliphatic heterocycles. The average molecular weight is 251 g/mol. The van der Waals surface area contributed by atoms with Crippen LogP contribution in [0.1, 0.15) is 33.3 Å². The number of ether oxygens (including phenoxy) is 1. The zero-order chi connectivity index (χ0) is 13.6. The molecule has 0 fully saturated rings. The Morgan fingerprint density at radius 1 is 1.28 bits per heavy atom. The van der Waals surface area contributed by atoms with Crippen molar-refractivity contribution in [3.63, 3.8) is 0 Å². The summed E-state index contributed by atoms with van der Waals surface area (Å²) in [6, 6.07) is 9.25. The van der Waals surface area contributed by atoms with E-state index in [9.17, 15) is 4.79 Å². The number of benzene rings is 1. The molecule has 4 heteroatoms. The van der Waals surface area contributed by atoms with Crippen LogP contribution in [0.25, 0.3) is 0 Å². The van der Waals surface area contributed by atoms with Crippen LogP contribution in [0.15, 0.2) is 30.3 Å². The third kappa shape index (κ3) is 5.80. The van der Waals surface area contributed by atoms with Crippen molar-refractivity contribution < 1.29 is 14.4 Å². The largest absolute Gasteiger partial charge is 0.459 e. The summed E-state index contributed by atoms with van der Waals surface area (Å²) in [4.78, 5) is 16.9. The molecule has 1 aromatic rings. The first kappa shape index (κ1) is 14.7. The highest BCUT2D eigenvalue weighted by atomic mass is 16.7. The van der Waals surface area contributed by atoms with E-state index in [1.165, 1.54) is 0 Å². The van der Waals surface area contributed by atoms with Crippen LogP contribution in [-0.2, 0) is 21.0 Å². The molecule has 4 nitrogen and oxygen atoms in total. The molecular weight excluding hydrogens is 230 g/mol. The number of hydrogen-bond donors (Lipinski definition) is 1. The molecule has 1 rings (SSSR count). The Labute approximate surface area is 108 Å². The van der Waals surface area contributed by atoms with Gasteiger partial charge in [0, 0.05) is 0 Å². The maximum atomic E-state index is 11.6. The van der Waals surface area contributed by atoms with E-state index in [1.807, 2.05) is 51.1 Å². The van der Waals surface area contributed by atoms with Crippen LogP contribution in [0.4, 0.5) is 0 Å². The van der Waals surface area contributed by atoms with Crippen LogP contribution in [-0.4, -0.2) is 17.6 Å². The molecule has 0 radical (unpaired) electrons. The summed E-state index contributed by atoms with van der Waals surface area (Å²) >= 11 is 0. The summed E-state index contributed by atoms with van der Waals surface area (Å²) in [7, 11) is 0. The second-order valence-electron chi connectivity index (χ2n) is 5.15. The van der Waals surface area contributed by atoms with E-state index >= 15 is 0 Å². The molecule has 100 valence electrons.